The molecule has 1 amide bonds. The van der Waals surface area contributed by atoms with Gasteiger partial charge in [0.2, 0.25) is 0 Å². The number of nitrogens with zero attached hydrogens (tertiary/aromatic N) is 1. The molecule has 7 nitrogen and oxygen atoms in total. The van der Waals surface area contributed by atoms with Crippen LogP contribution in [0.2, 0.25) is 0 Å². The molecule has 0 aliphatic rings. The van der Waals surface area contributed by atoms with Crippen molar-refractivity contribution in [1.82, 2.24) is 5.43 Å². The number of nitrogens with one attached hydrogen (secondary N) is 1. The highest BCUT2D eigenvalue weighted by molar-refractivity contribution is 9.10. The maximum atomic E-state index is 12.5. The van der Waals surface area contributed by atoms with Crippen LogP contribution in [0, 0.1) is 0 Å². The average Bonchev–Trinajstić information content (AvgIpc) is 2.83. The molecular weight excluding hydrogens is 556 g/mol. The predicted molar refractivity (Wildman–Crippen MR) is 134 cm³/mol. The lowest BCUT2D eigenvalue weighted by molar-refractivity contribution is 0.0954. The van der Waals surface area contributed by atoms with Crippen LogP contribution in [-0.2, 0) is 6.61 Å². The fraction of sp³-hybridized carbons (Fsp3) is 0.167. The molecule has 0 saturated heterocycles. The summed E-state index contributed by atoms with van der Waals surface area (Å²) in [6.07, 6.45) is 1.51. The van der Waals surface area contributed by atoms with Crippen LogP contribution in [0.15, 0.2) is 68.6 Å². The standard InChI is InChI=1S/C24H22Br2N2O5/c1-30-19-10-17(11-20(12-19)31-2)24(29)28-27-13-16-8-21(26)23(22(9-16)32-3)33-14-15-4-6-18(25)7-5-15/h4-13H,14H2,1-3H3,(H,28,29)/b27-13-. The van der Waals surface area contributed by atoms with E-state index >= 15 is 0 Å². The van der Waals surface area contributed by atoms with Crippen LogP contribution in [0.4, 0.5) is 0 Å². The molecule has 0 spiro atoms. The molecule has 33 heavy (non-hydrogen) atoms. The molecule has 1 N–H and O–H groups in total. The van der Waals surface area contributed by atoms with Crippen molar-refractivity contribution in [2.45, 2.75) is 6.61 Å². The summed E-state index contributed by atoms with van der Waals surface area (Å²) in [5.74, 6) is 1.73. The maximum absolute atomic E-state index is 12.5. The third-order valence-corrected chi connectivity index (χ3v) is 5.66. The first-order valence-electron chi connectivity index (χ1n) is 9.74. The zero-order chi connectivity index (χ0) is 23.8. The van der Waals surface area contributed by atoms with Crippen molar-refractivity contribution in [3.8, 4) is 23.0 Å². The normalized spacial score (nSPS) is 10.7. The summed E-state index contributed by atoms with van der Waals surface area (Å²) >= 11 is 6.95. The third kappa shape index (κ3) is 6.72. The van der Waals surface area contributed by atoms with Gasteiger partial charge >= 0.3 is 0 Å². The van der Waals surface area contributed by atoms with Crippen molar-refractivity contribution < 1.29 is 23.7 Å². The molecule has 0 heterocycles. The summed E-state index contributed by atoms with van der Waals surface area (Å²) in [4.78, 5) is 12.5. The second kappa shape index (κ2) is 11.7. The summed E-state index contributed by atoms with van der Waals surface area (Å²) in [5.41, 5.74) is 4.59. The molecule has 9 heteroatoms. The van der Waals surface area contributed by atoms with Gasteiger partial charge in [0.1, 0.15) is 18.1 Å². The molecule has 0 fully saturated rings. The van der Waals surface area contributed by atoms with E-state index in [2.05, 4.69) is 42.4 Å². The largest absolute Gasteiger partial charge is 0.497 e. The Morgan fingerprint density at radius 2 is 1.61 bits per heavy atom. The van der Waals surface area contributed by atoms with E-state index < -0.39 is 5.91 Å². The Morgan fingerprint density at radius 1 is 0.939 bits per heavy atom. The molecule has 0 atom stereocenters. The fourth-order valence-electron chi connectivity index (χ4n) is 2.86. The van der Waals surface area contributed by atoms with E-state index in [1.807, 2.05) is 30.3 Å². The van der Waals surface area contributed by atoms with Gasteiger partial charge in [0.25, 0.3) is 5.91 Å². The number of carbonyl (C=O) groups excluding carboxylic acids is 1. The number of benzene rings is 3. The maximum Gasteiger partial charge on any atom is 0.271 e. The average molecular weight is 578 g/mol. The van der Waals surface area contributed by atoms with Crippen molar-refractivity contribution in [3.05, 3.63) is 80.2 Å². The van der Waals surface area contributed by atoms with Crippen LogP contribution in [0.25, 0.3) is 0 Å². The number of hydrogen-bond donors (Lipinski definition) is 1. The number of hydrazone groups is 1. The minimum absolute atomic E-state index is 0.360. The van der Waals surface area contributed by atoms with Gasteiger partial charge in [-0.25, -0.2) is 5.43 Å². The molecule has 3 aromatic rings. The second-order valence-electron chi connectivity index (χ2n) is 6.75. The zero-order valence-corrected chi connectivity index (χ0v) is 21.4. The van der Waals surface area contributed by atoms with Crippen molar-refractivity contribution in [1.29, 1.82) is 0 Å². The first kappa shape index (κ1) is 24.6. The Hall–Kier alpha value is -3.04. The molecule has 0 saturated carbocycles. The summed E-state index contributed by atoms with van der Waals surface area (Å²) in [6.45, 7) is 0.385. The van der Waals surface area contributed by atoms with Gasteiger partial charge in [-0.1, -0.05) is 28.1 Å². The fourth-order valence-corrected chi connectivity index (χ4v) is 3.70. The quantitative estimate of drug-likeness (QED) is 0.265. The number of carbonyl (C=O) groups is 1. The van der Waals surface area contributed by atoms with Gasteiger partial charge < -0.3 is 18.9 Å². The van der Waals surface area contributed by atoms with E-state index in [1.54, 1.807) is 31.4 Å². The minimum atomic E-state index is -0.399. The van der Waals surface area contributed by atoms with Crippen LogP contribution in [0.3, 0.4) is 0 Å². The lowest BCUT2D eigenvalue weighted by atomic mass is 10.2. The van der Waals surface area contributed by atoms with E-state index in [0.717, 1.165) is 10.0 Å². The van der Waals surface area contributed by atoms with Gasteiger partial charge in [0.05, 0.1) is 32.0 Å². The summed E-state index contributed by atoms with van der Waals surface area (Å²) in [6, 6.07) is 16.4. The number of hydrogen-bond acceptors (Lipinski definition) is 6. The second-order valence-corrected chi connectivity index (χ2v) is 8.52. The highest BCUT2D eigenvalue weighted by Gasteiger charge is 2.12. The highest BCUT2D eigenvalue weighted by Crippen LogP contribution is 2.37. The molecular formula is C24H22Br2N2O5. The molecule has 3 rings (SSSR count). The topological polar surface area (TPSA) is 78.4 Å². The minimum Gasteiger partial charge on any atom is -0.497 e. The number of halogens is 2. The Bertz CT molecular complexity index is 1130. The van der Waals surface area contributed by atoms with Crippen LogP contribution < -0.4 is 24.4 Å². The molecule has 172 valence electrons. The Labute approximate surface area is 209 Å². The van der Waals surface area contributed by atoms with Gasteiger partial charge in [0.15, 0.2) is 11.5 Å². The van der Waals surface area contributed by atoms with Crippen molar-refractivity contribution in [2.75, 3.05) is 21.3 Å². The first-order valence-corrected chi connectivity index (χ1v) is 11.3. The van der Waals surface area contributed by atoms with Gasteiger partial charge in [0, 0.05) is 16.1 Å². The van der Waals surface area contributed by atoms with Crippen molar-refractivity contribution >= 4 is 44.0 Å². The molecule has 0 aliphatic carbocycles. The van der Waals surface area contributed by atoms with Crippen LogP contribution in [0.1, 0.15) is 21.5 Å². The number of amides is 1. The lowest BCUT2D eigenvalue weighted by Crippen LogP contribution is -2.17. The Kier molecular flexibility index (Phi) is 8.73. The SMILES string of the molecule is COc1cc(OC)cc(C(=O)N/N=C\c2cc(Br)c(OCc3ccc(Br)cc3)c(OC)c2)c1. The molecule has 3 aromatic carbocycles. The van der Waals surface area contributed by atoms with E-state index in [1.165, 1.54) is 20.4 Å². The van der Waals surface area contributed by atoms with Crippen LogP contribution in [-0.4, -0.2) is 33.5 Å². The summed E-state index contributed by atoms with van der Waals surface area (Å²) in [5, 5.41) is 4.05. The predicted octanol–water partition coefficient (Wildman–Crippen LogP) is 5.58. The molecule has 0 radical (unpaired) electrons. The molecule has 0 bridgehead atoms. The van der Waals surface area contributed by atoms with Gasteiger partial charge in [-0.3, -0.25) is 4.79 Å². The Balaban J connectivity index is 1.70. The lowest BCUT2D eigenvalue weighted by Gasteiger charge is -2.13. The third-order valence-electron chi connectivity index (χ3n) is 4.54. The number of rotatable bonds is 9. The van der Waals surface area contributed by atoms with Crippen molar-refractivity contribution in [3.63, 3.8) is 0 Å². The highest BCUT2D eigenvalue weighted by atomic mass is 79.9. The van der Waals surface area contributed by atoms with Crippen LogP contribution >= 0.6 is 31.9 Å². The monoisotopic (exact) mass is 576 g/mol. The van der Waals surface area contributed by atoms with Crippen LogP contribution in [0.5, 0.6) is 23.0 Å². The molecule has 0 unspecified atom stereocenters. The summed E-state index contributed by atoms with van der Waals surface area (Å²) in [7, 11) is 4.60. The van der Waals surface area contributed by atoms with E-state index in [-0.39, 0.29) is 0 Å². The number of ether oxygens (including phenoxy) is 4. The number of methoxy groups -OCH3 is 3. The van der Waals surface area contributed by atoms with E-state index in [4.69, 9.17) is 18.9 Å². The first-order chi connectivity index (χ1) is 15.9. The van der Waals surface area contributed by atoms with E-state index in [9.17, 15) is 4.79 Å². The zero-order valence-electron chi connectivity index (χ0n) is 18.2. The van der Waals surface area contributed by atoms with E-state index in [0.29, 0.717) is 45.2 Å². The molecule has 0 aromatic heterocycles. The van der Waals surface area contributed by atoms with Crippen molar-refractivity contribution in [2.24, 2.45) is 5.10 Å². The Morgan fingerprint density at radius 3 is 2.21 bits per heavy atom. The van der Waals surface area contributed by atoms with Gasteiger partial charge in [-0.05, 0) is 63.5 Å². The smallest absolute Gasteiger partial charge is 0.271 e. The molecule has 0 aliphatic heterocycles. The summed E-state index contributed by atoms with van der Waals surface area (Å²) < 4.78 is 23.5. The van der Waals surface area contributed by atoms with Gasteiger partial charge in [-0.2, -0.15) is 5.10 Å². The van der Waals surface area contributed by atoms with Gasteiger partial charge in [-0.15, -0.1) is 0 Å².